The summed E-state index contributed by atoms with van der Waals surface area (Å²) in [5.41, 5.74) is 5.25. The molecule has 4 N–H and O–H groups in total. The number of phenols is 2. The minimum Gasteiger partial charge on any atom is -0.507 e. The van der Waals surface area contributed by atoms with E-state index in [9.17, 15) is 19.8 Å². The zero-order chi connectivity index (χ0) is 40.0. The standard InChI is InChI=1S/C44H72N2O4S2/c1-27(19-31-23-33(41(5,6)7)39(49)34(24-31)42(8,9)10)45-37(47)21-29(3)51-17-18-52-30(4)22-38(48)46-28(2)20-32-25-35(43(11,12)13)40(50)36(26-32)44(14,15)16/h23-30,49-50H,17-22H2,1-16H3,(H,45,47)(H,46,48). The molecule has 0 aliphatic rings. The molecule has 2 rings (SSSR count). The van der Waals surface area contributed by atoms with Crippen LogP contribution >= 0.6 is 23.5 Å². The minimum absolute atomic E-state index is 0.0249. The number of hydrogen-bond donors (Lipinski definition) is 4. The van der Waals surface area contributed by atoms with Crippen molar-refractivity contribution in [1.82, 2.24) is 10.6 Å². The molecule has 2 aromatic carbocycles. The molecular formula is C44H72N2O4S2. The van der Waals surface area contributed by atoms with Gasteiger partial charge >= 0.3 is 0 Å². The molecular weight excluding hydrogens is 685 g/mol. The van der Waals surface area contributed by atoms with Crippen molar-refractivity contribution in [3.63, 3.8) is 0 Å². The Balaban J connectivity index is 1.81. The Hall–Kier alpha value is -2.32. The van der Waals surface area contributed by atoms with E-state index in [-0.39, 0.29) is 56.1 Å². The SMILES string of the molecule is CC(Cc1cc(C(C)(C)C)c(O)c(C(C)(C)C)c1)NC(=O)CC(C)SCCSC(C)CC(=O)NC(C)Cc1cc(C(C)(C)C)c(O)c(C(C)(C)C)c1. The summed E-state index contributed by atoms with van der Waals surface area (Å²) in [5.74, 6) is 2.71. The highest BCUT2D eigenvalue weighted by atomic mass is 32.2. The number of phenolic OH excluding ortho intramolecular Hbond substituents is 2. The topological polar surface area (TPSA) is 98.7 Å². The number of rotatable bonds is 15. The predicted molar refractivity (Wildman–Crippen MR) is 227 cm³/mol. The molecule has 0 saturated carbocycles. The summed E-state index contributed by atoms with van der Waals surface area (Å²) in [6, 6.07) is 8.33. The lowest BCUT2D eigenvalue weighted by molar-refractivity contribution is -0.122. The fourth-order valence-electron chi connectivity index (χ4n) is 6.53. The first-order chi connectivity index (χ1) is 23.6. The van der Waals surface area contributed by atoms with Crippen molar-refractivity contribution in [1.29, 1.82) is 0 Å². The smallest absolute Gasteiger partial charge is 0.221 e. The van der Waals surface area contributed by atoms with Gasteiger partial charge in [0, 0.05) is 46.9 Å². The first kappa shape index (κ1) is 45.8. The van der Waals surface area contributed by atoms with Crippen LogP contribution in [0.5, 0.6) is 11.5 Å². The molecule has 2 aromatic rings. The maximum atomic E-state index is 12.9. The fourth-order valence-corrected chi connectivity index (χ4v) is 8.64. The Morgan fingerprint density at radius 2 is 0.788 bits per heavy atom. The minimum atomic E-state index is -0.191. The number of amides is 2. The maximum absolute atomic E-state index is 12.9. The summed E-state index contributed by atoms with van der Waals surface area (Å²) < 4.78 is 0. The first-order valence-corrected chi connectivity index (χ1v) is 21.2. The number of benzene rings is 2. The molecule has 0 aliphatic heterocycles. The second-order valence-corrected chi connectivity index (χ2v) is 22.3. The first-order valence-electron chi connectivity index (χ1n) is 19.1. The van der Waals surface area contributed by atoms with Crippen LogP contribution in [0.2, 0.25) is 0 Å². The van der Waals surface area contributed by atoms with E-state index in [0.717, 1.165) is 44.9 Å². The molecule has 0 saturated heterocycles. The molecule has 2 amide bonds. The number of carbonyl (C=O) groups excluding carboxylic acids is 2. The predicted octanol–water partition coefficient (Wildman–Crippen LogP) is 10.1. The van der Waals surface area contributed by atoms with E-state index < -0.39 is 0 Å². The molecule has 6 nitrogen and oxygen atoms in total. The second kappa shape index (κ2) is 18.3. The van der Waals surface area contributed by atoms with Crippen molar-refractivity contribution in [2.24, 2.45) is 0 Å². The molecule has 0 bridgehead atoms. The van der Waals surface area contributed by atoms with Gasteiger partial charge < -0.3 is 20.8 Å². The Morgan fingerprint density at radius 1 is 0.538 bits per heavy atom. The Kier molecular flexibility index (Phi) is 16.2. The van der Waals surface area contributed by atoms with Gasteiger partial charge in [-0.15, -0.1) is 0 Å². The van der Waals surface area contributed by atoms with Crippen LogP contribution in [0, 0.1) is 0 Å². The van der Waals surface area contributed by atoms with Crippen LogP contribution in [0.1, 0.15) is 157 Å². The van der Waals surface area contributed by atoms with E-state index >= 15 is 0 Å². The Labute approximate surface area is 325 Å². The molecule has 294 valence electrons. The summed E-state index contributed by atoms with van der Waals surface area (Å²) in [7, 11) is 0. The molecule has 4 atom stereocenters. The van der Waals surface area contributed by atoms with Crippen LogP contribution in [0.4, 0.5) is 0 Å². The fraction of sp³-hybridized carbons (Fsp3) is 0.682. The van der Waals surface area contributed by atoms with Crippen molar-refractivity contribution in [3.8, 4) is 11.5 Å². The number of hydrogen-bond acceptors (Lipinski definition) is 6. The summed E-state index contributed by atoms with van der Waals surface area (Å²) >= 11 is 3.60. The van der Waals surface area contributed by atoms with Crippen LogP contribution < -0.4 is 10.6 Å². The van der Waals surface area contributed by atoms with Gasteiger partial charge in [0.15, 0.2) is 0 Å². The Morgan fingerprint density at radius 3 is 1.02 bits per heavy atom. The molecule has 0 aliphatic carbocycles. The van der Waals surface area contributed by atoms with Gasteiger partial charge in [-0.3, -0.25) is 9.59 Å². The lowest BCUT2D eigenvalue weighted by Crippen LogP contribution is -2.35. The molecule has 52 heavy (non-hydrogen) atoms. The van der Waals surface area contributed by atoms with Crippen molar-refractivity contribution in [3.05, 3.63) is 57.6 Å². The van der Waals surface area contributed by atoms with Gasteiger partial charge in [-0.1, -0.05) is 121 Å². The zero-order valence-corrected chi connectivity index (χ0v) is 37.0. The van der Waals surface area contributed by atoms with Gasteiger partial charge in [0.25, 0.3) is 0 Å². The number of carbonyl (C=O) groups is 2. The average Bonchev–Trinajstić information content (AvgIpc) is 2.94. The van der Waals surface area contributed by atoms with Crippen LogP contribution in [-0.4, -0.2) is 56.1 Å². The molecule has 0 heterocycles. The highest BCUT2D eigenvalue weighted by molar-refractivity contribution is 8.03. The molecule has 0 spiro atoms. The van der Waals surface area contributed by atoms with E-state index in [0.29, 0.717) is 37.2 Å². The summed E-state index contributed by atoms with van der Waals surface area (Å²) in [4.78, 5) is 25.9. The van der Waals surface area contributed by atoms with Crippen LogP contribution in [0.3, 0.4) is 0 Å². The van der Waals surface area contributed by atoms with Crippen molar-refractivity contribution < 1.29 is 19.8 Å². The van der Waals surface area contributed by atoms with E-state index in [2.05, 4.69) is 132 Å². The van der Waals surface area contributed by atoms with Gasteiger partial charge in [0.1, 0.15) is 11.5 Å². The van der Waals surface area contributed by atoms with E-state index in [1.807, 2.05) is 13.8 Å². The van der Waals surface area contributed by atoms with Gasteiger partial charge in [0.2, 0.25) is 11.8 Å². The number of thioether (sulfide) groups is 2. The highest BCUT2D eigenvalue weighted by Gasteiger charge is 2.28. The van der Waals surface area contributed by atoms with Gasteiger partial charge in [-0.25, -0.2) is 0 Å². The quantitative estimate of drug-likeness (QED) is 0.135. The molecule has 4 unspecified atom stereocenters. The Bertz CT molecular complexity index is 1320. The molecule has 0 fully saturated rings. The lowest BCUT2D eigenvalue weighted by Gasteiger charge is -2.29. The van der Waals surface area contributed by atoms with E-state index in [4.69, 9.17) is 0 Å². The highest BCUT2D eigenvalue weighted by Crippen LogP contribution is 2.41. The second-order valence-electron chi connectivity index (χ2n) is 19.2. The van der Waals surface area contributed by atoms with Gasteiger partial charge in [-0.05, 0) is 81.7 Å². The van der Waals surface area contributed by atoms with E-state index in [1.165, 1.54) is 0 Å². The molecule has 0 aromatic heterocycles. The summed E-state index contributed by atoms with van der Waals surface area (Å²) in [6.07, 6.45) is 2.32. The zero-order valence-electron chi connectivity index (χ0n) is 35.4. The number of aromatic hydroxyl groups is 2. The summed E-state index contributed by atoms with van der Waals surface area (Å²) in [6.45, 7) is 33.7. The average molecular weight is 757 g/mol. The van der Waals surface area contributed by atoms with Crippen LogP contribution in [0.15, 0.2) is 24.3 Å². The summed E-state index contributed by atoms with van der Waals surface area (Å²) in [5, 5.41) is 28.9. The van der Waals surface area contributed by atoms with Crippen molar-refractivity contribution in [2.45, 2.75) is 181 Å². The van der Waals surface area contributed by atoms with Gasteiger partial charge in [0.05, 0.1) is 0 Å². The number of nitrogens with one attached hydrogen (secondary N) is 2. The third kappa shape index (κ3) is 14.5. The molecule has 0 radical (unpaired) electrons. The third-order valence-electron chi connectivity index (χ3n) is 9.30. The van der Waals surface area contributed by atoms with Crippen molar-refractivity contribution >= 4 is 35.3 Å². The van der Waals surface area contributed by atoms with Crippen LogP contribution in [0.25, 0.3) is 0 Å². The maximum Gasteiger partial charge on any atom is 0.221 e. The third-order valence-corrected chi connectivity index (χ3v) is 11.9. The van der Waals surface area contributed by atoms with Crippen LogP contribution in [-0.2, 0) is 44.1 Å². The van der Waals surface area contributed by atoms with Gasteiger partial charge in [-0.2, -0.15) is 23.5 Å². The normalized spacial score (nSPS) is 15.2. The molecule has 8 heteroatoms. The van der Waals surface area contributed by atoms with Crippen molar-refractivity contribution in [2.75, 3.05) is 11.5 Å². The monoisotopic (exact) mass is 756 g/mol. The van der Waals surface area contributed by atoms with E-state index in [1.54, 1.807) is 23.5 Å². The lowest BCUT2D eigenvalue weighted by atomic mass is 9.78. The largest absolute Gasteiger partial charge is 0.507 e.